The third kappa shape index (κ3) is 3.31. The van der Waals surface area contributed by atoms with Gasteiger partial charge in [0, 0.05) is 35.5 Å². The van der Waals surface area contributed by atoms with Crippen LogP contribution in [0.3, 0.4) is 0 Å². The van der Waals surface area contributed by atoms with Crippen LogP contribution < -0.4 is 15.8 Å². The van der Waals surface area contributed by atoms with E-state index in [4.69, 9.17) is 10.5 Å². The van der Waals surface area contributed by atoms with Crippen molar-refractivity contribution >= 4 is 17.7 Å². The van der Waals surface area contributed by atoms with Gasteiger partial charge in [-0.15, -0.1) is 0 Å². The van der Waals surface area contributed by atoms with E-state index < -0.39 is 18.2 Å². The maximum atomic E-state index is 13.0. The predicted molar refractivity (Wildman–Crippen MR) is 114 cm³/mol. The quantitative estimate of drug-likeness (QED) is 0.449. The lowest BCUT2D eigenvalue weighted by Gasteiger charge is -2.26. The van der Waals surface area contributed by atoms with Crippen LogP contribution >= 0.6 is 0 Å². The molecule has 2 aliphatic rings. The lowest BCUT2D eigenvalue weighted by Crippen LogP contribution is -2.38. The summed E-state index contributed by atoms with van der Waals surface area (Å²) in [5.41, 5.74) is 10.1. The van der Waals surface area contributed by atoms with Gasteiger partial charge in [-0.3, -0.25) is 9.88 Å². The minimum atomic E-state index is -0.601. The number of para-hydroxylation sites is 1. The molecule has 156 valence electrons. The molecule has 0 spiro atoms. The fourth-order valence-electron chi connectivity index (χ4n) is 4.24. The molecule has 1 atom stereocenters. The van der Waals surface area contributed by atoms with Crippen molar-refractivity contribution < 1.29 is 14.3 Å². The average Bonchev–Trinajstić information content (AvgIpc) is 3.32. The van der Waals surface area contributed by atoms with Crippen molar-refractivity contribution in [2.75, 3.05) is 0 Å². The molecule has 31 heavy (non-hydrogen) atoms. The van der Waals surface area contributed by atoms with Gasteiger partial charge in [-0.25, -0.2) is 9.59 Å². The van der Waals surface area contributed by atoms with Gasteiger partial charge < -0.3 is 20.8 Å². The zero-order valence-electron chi connectivity index (χ0n) is 16.7. The molecule has 0 saturated carbocycles. The first kappa shape index (κ1) is 18.9. The van der Waals surface area contributed by atoms with Crippen molar-refractivity contribution in [2.24, 2.45) is 5.73 Å². The number of fused-ring (bicyclic) bond motifs is 2. The Balaban J connectivity index is 1.58. The zero-order chi connectivity index (χ0) is 21.4. The smallest absolute Gasteiger partial charge is 0.345 e. The highest BCUT2D eigenvalue weighted by Crippen LogP contribution is 2.42. The molecule has 8 nitrogen and oxygen atoms in total. The fraction of sp³-hybridized carbons (Fsp3) is 0.174. The summed E-state index contributed by atoms with van der Waals surface area (Å²) < 4.78 is 5.58. The minimum Gasteiger partial charge on any atom is -0.423 e. The standard InChI is InChI=1S/C23H21N5O3/c24-23(30)28-20-18(27-21(28)14-9-11-25-12-10-14)8-4-7-17-19(20)16(13-26-17)22(29)31-15-5-2-1-3-6-15/h1-3,5-6,9-13,21,26-27H,4,7-8H2,(H2,24,30). The van der Waals surface area contributed by atoms with E-state index in [0.29, 0.717) is 22.6 Å². The Kier molecular flexibility index (Phi) is 4.66. The molecule has 1 aliphatic carbocycles. The number of benzene rings is 1. The number of rotatable bonds is 3. The Bertz CT molecular complexity index is 1170. The van der Waals surface area contributed by atoms with Gasteiger partial charge >= 0.3 is 12.0 Å². The number of aromatic amines is 1. The molecule has 5 rings (SSSR count). The van der Waals surface area contributed by atoms with E-state index in [9.17, 15) is 9.59 Å². The predicted octanol–water partition coefficient (Wildman–Crippen LogP) is 3.32. The number of carbonyl (C=O) groups is 2. The van der Waals surface area contributed by atoms with E-state index in [1.807, 2.05) is 18.2 Å². The van der Waals surface area contributed by atoms with Crippen LogP contribution in [0, 0.1) is 0 Å². The second kappa shape index (κ2) is 7.64. The van der Waals surface area contributed by atoms with Crippen LogP contribution in [0.5, 0.6) is 5.75 Å². The lowest BCUT2D eigenvalue weighted by atomic mass is 10.0. The van der Waals surface area contributed by atoms with Crippen molar-refractivity contribution in [1.82, 2.24) is 20.2 Å². The summed E-state index contributed by atoms with van der Waals surface area (Å²) in [5.74, 6) is -0.0366. The highest BCUT2D eigenvalue weighted by molar-refractivity contribution is 6.00. The number of nitrogens with zero attached hydrogens (tertiary/aromatic N) is 2. The molecule has 0 radical (unpaired) electrons. The molecule has 0 fully saturated rings. The first-order chi connectivity index (χ1) is 15.1. The summed E-state index contributed by atoms with van der Waals surface area (Å²) in [6.07, 6.45) is 6.86. The molecule has 8 heteroatoms. The van der Waals surface area contributed by atoms with Crippen LogP contribution in [0.1, 0.15) is 46.2 Å². The third-order valence-electron chi connectivity index (χ3n) is 5.58. The number of hydrogen-bond acceptors (Lipinski definition) is 5. The minimum absolute atomic E-state index is 0.372. The third-order valence-corrected chi connectivity index (χ3v) is 5.58. The van der Waals surface area contributed by atoms with Crippen molar-refractivity contribution in [3.8, 4) is 5.75 Å². The van der Waals surface area contributed by atoms with Crippen LogP contribution in [0.15, 0.2) is 66.8 Å². The molecule has 2 amide bonds. The highest BCUT2D eigenvalue weighted by atomic mass is 16.5. The molecule has 4 N–H and O–H groups in total. The van der Waals surface area contributed by atoms with Gasteiger partial charge in [0.1, 0.15) is 11.9 Å². The molecule has 0 saturated heterocycles. The normalized spacial score (nSPS) is 17.4. The largest absolute Gasteiger partial charge is 0.423 e. The second-order valence-corrected chi connectivity index (χ2v) is 7.47. The number of urea groups is 1. The van der Waals surface area contributed by atoms with Crippen LogP contribution in [-0.2, 0) is 6.42 Å². The Morgan fingerprint density at radius 3 is 2.61 bits per heavy atom. The van der Waals surface area contributed by atoms with Crippen LogP contribution in [0.25, 0.3) is 5.70 Å². The maximum Gasteiger partial charge on any atom is 0.345 e. The molecule has 1 aliphatic heterocycles. The number of primary amides is 1. The molecule has 1 unspecified atom stereocenters. The number of ether oxygens (including phenoxy) is 1. The summed E-state index contributed by atoms with van der Waals surface area (Å²) in [6.45, 7) is 0. The van der Waals surface area contributed by atoms with Crippen LogP contribution in [0.2, 0.25) is 0 Å². The van der Waals surface area contributed by atoms with Crippen LogP contribution in [0.4, 0.5) is 4.79 Å². The molecule has 1 aromatic carbocycles. The van der Waals surface area contributed by atoms with E-state index in [-0.39, 0.29) is 0 Å². The molecular formula is C23H21N5O3. The number of esters is 1. The van der Waals surface area contributed by atoms with Crippen LogP contribution in [-0.4, -0.2) is 26.9 Å². The molecule has 0 bridgehead atoms. The highest BCUT2D eigenvalue weighted by Gasteiger charge is 2.40. The molecule has 3 heterocycles. The second-order valence-electron chi connectivity index (χ2n) is 7.47. The van der Waals surface area contributed by atoms with Gasteiger partial charge in [0.05, 0.1) is 11.3 Å². The summed E-state index contributed by atoms with van der Waals surface area (Å²) in [7, 11) is 0. The van der Waals surface area contributed by atoms with Crippen molar-refractivity contribution in [2.45, 2.75) is 25.4 Å². The Hall–Kier alpha value is -4.07. The Morgan fingerprint density at radius 2 is 1.87 bits per heavy atom. The number of aromatic nitrogens is 2. The summed E-state index contributed by atoms with van der Waals surface area (Å²) >= 11 is 0. The number of aryl methyl sites for hydroxylation is 1. The van der Waals surface area contributed by atoms with Gasteiger partial charge in [-0.1, -0.05) is 18.2 Å². The summed E-state index contributed by atoms with van der Waals surface area (Å²) in [6, 6.07) is 12.0. The number of H-pyrrole nitrogens is 1. The Labute approximate surface area is 178 Å². The Morgan fingerprint density at radius 1 is 1.10 bits per heavy atom. The first-order valence-corrected chi connectivity index (χ1v) is 10.1. The number of carbonyl (C=O) groups excluding carboxylic acids is 2. The van der Waals surface area contributed by atoms with E-state index in [2.05, 4.69) is 15.3 Å². The first-order valence-electron chi connectivity index (χ1n) is 10.1. The zero-order valence-corrected chi connectivity index (χ0v) is 16.7. The SMILES string of the molecule is NC(=O)N1C2=C(CCCc3[nH]cc(C(=O)Oc4ccccc4)c32)NC1c1ccncc1. The van der Waals surface area contributed by atoms with E-state index in [0.717, 1.165) is 36.2 Å². The average molecular weight is 415 g/mol. The van der Waals surface area contributed by atoms with E-state index in [1.54, 1.807) is 42.9 Å². The van der Waals surface area contributed by atoms with Crippen molar-refractivity contribution in [1.29, 1.82) is 0 Å². The summed E-state index contributed by atoms with van der Waals surface area (Å²) in [5, 5.41) is 3.44. The molecule has 2 aromatic heterocycles. The fourth-order valence-corrected chi connectivity index (χ4v) is 4.24. The van der Waals surface area contributed by atoms with Gasteiger partial charge in [-0.2, -0.15) is 0 Å². The topological polar surface area (TPSA) is 113 Å². The van der Waals surface area contributed by atoms with Crippen molar-refractivity contribution in [3.05, 3.63) is 89.1 Å². The molecule has 3 aromatic rings. The monoisotopic (exact) mass is 415 g/mol. The van der Waals surface area contributed by atoms with Gasteiger partial charge in [0.25, 0.3) is 0 Å². The van der Waals surface area contributed by atoms with Gasteiger partial charge in [0.2, 0.25) is 0 Å². The van der Waals surface area contributed by atoms with Gasteiger partial charge in [-0.05, 0) is 49.1 Å². The maximum absolute atomic E-state index is 13.0. The lowest BCUT2D eigenvalue weighted by molar-refractivity contribution is 0.0734. The number of hydrogen-bond donors (Lipinski definition) is 3. The van der Waals surface area contributed by atoms with Gasteiger partial charge in [0.15, 0.2) is 0 Å². The number of nitrogens with one attached hydrogen (secondary N) is 2. The number of pyridine rings is 1. The number of amides is 2. The van der Waals surface area contributed by atoms with E-state index >= 15 is 0 Å². The number of nitrogens with two attached hydrogens (primary N) is 1. The van der Waals surface area contributed by atoms with E-state index in [1.165, 1.54) is 4.90 Å². The van der Waals surface area contributed by atoms with Crippen molar-refractivity contribution in [3.63, 3.8) is 0 Å². The summed E-state index contributed by atoms with van der Waals surface area (Å²) in [4.78, 5) is 34.4. The number of allylic oxidation sites excluding steroid dienone is 1. The molecular weight excluding hydrogens is 394 g/mol.